The van der Waals surface area contributed by atoms with E-state index in [4.69, 9.17) is 9.26 Å². The van der Waals surface area contributed by atoms with Gasteiger partial charge in [-0.3, -0.25) is 9.59 Å². The number of rotatable bonds is 8. The summed E-state index contributed by atoms with van der Waals surface area (Å²) in [7, 11) is 0. The Hall–Kier alpha value is -3.87. The van der Waals surface area contributed by atoms with Gasteiger partial charge < -0.3 is 19.9 Å². The zero-order valence-electron chi connectivity index (χ0n) is 24.3. The van der Waals surface area contributed by atoms with Crippen LogP contribution in [0, 0.1) is 11.8 Å². The van der Waals surface area contributed by atoms with Crippen LogP contribution in [0.15, 0.2) is 77.1 Å². The average molecular weight is 544 g/mol. The monoisotopic (exact) mass is 543 g/mol. The Morgan fingerprint density at radius 1 is 1.05 bits per heavy atom. The smallest absolute Gasteiger partial charge is 0.257 e. The second-order valence-electron chi connectivity index (χ2n) is 12.0. The lowest BCUT2D eigenvalue weighted by Gasteiger charge is -2.32. The molecular weight excluding hydrogens is 502 g/mol. The van der Waals surface area contributed by atoms with Crippen LogP contribution in [-0.4, -0.2) is 23.1 Å². The lowest BCUT2D eigenvalue weighted by atomic mass is 9.80. The van der Waals surface area contributed by atoms with Crippen LogP contribution in [0.3, 0.4) is 0 Å². The fourth-order valence-electron chi connectivity index (χ4n) is 4.89. The summed E-state index contributed by atoms with van der Waals surface area (Å²) in [6.07, 6.45) is 13.2. The first-order chi connectivity index (χ1) is 19.0. The summed E-state index contributed by atoms with van der Waals surface area (Å²) in [5.74, 6) is 2.32. The second-order valence-corrected chi connectivity index (χ2v) is 12.0. The summed E-state index contributed by atoms with van der Waals surface area (Å²) >= 11 is 0. The van der Waals surface area contributed by atoms with Gasteiger partial charge in [0, 0.05) is 28.4 Å². The third-order valence-electron chi connectivity index (χ3n) is 7.49. The highest BCUT2D eigenvalue weighted by molar-refractivity contribution is 6.24. The first kappa shape index (κ1) is 29.1. The van der Waals surface area contributed by atoms with Gasteiger partial charge in [0.1, 0.15) is 17.2 Å². The van der Waals surface area contributed by atoms with Gasteiger partial charge in [0.25, 0.3) is 11.8 Å². The minimum absolute atomic E-state index is 0.200. The van der Waals surface area contributed by atoms with Gasteiger partial charge in [-0.15, -0.1) is 0 Å². The minimum atomic E-state index is -0.377. The molecule has 7 nitrogen and oxygen atoms in total. The van der Waals surface area contributed by atoms with E-state index in [0.717, 1.165) is 18.6 Å². The number of nitrogens with one attached hydrogen (secondary N) is 2. The highest BCUT2D eigenvalue weighted by atomic mass is 16.5. The molecule has 212 valence electrons. The van der Waals surface area contributed by atoms with E-state index in [9.17, 15) is 9.59 Å². The van der Waals surface area contributed by atoms with E-state index in [0.29, 0.717) is 46.7 Å². The van der Waals surface area contributed by atoms with E-state index < -0.39 is 0 Å². The molecule has 1 aromatic carbocycles. The normalized spacial score (nSPS) is 19.4. The maximum Gasteiger partial charge on any atom is 0.257 e. The maximum absolute atomic E-state index is 12.9. The third-order valence-corrected chi connectivity index (χ3v) is 7.49. The van der Waals surface area contributed by atoms with Crippen LogP contribution in [0.2, 0.25) is 0 Å². The lowest BCUT2D eigenvalue weighted by Crippen LogP contribution is -2.25. The number of carbonyl (C=O) groups excluding carboxylic acids is 2. The third kappa shape index (κ3) is 7.62. The topological polar surface area (TPSA) is 93.5 Å². The van der Waals surface area contributed by atoms with Gasteiger partial charge in [-0.2, -0.15) is 0 Å². The molecule has 1 heterocycles. The fourth-order valence-corrected chi connectivity index (χ4v) is 4.89. The summed E-state index contributed by atoms with van der Waals surface area (Å²) in [5, 5.41) is 9.72. The molecule has 2 aliphatic carbocycles. The standard InChI is InChI=1S/C33H41N3O4/c1-21(2)24-10-8-12-28(19-24)39-27-11-7-9-23(13-18-27)32(38)35-26-16-14-25(15-17-26)34-31(37)22(3)29-20-30(40-36-29)33(4,5)6/h9,11,13-18,20-21,24,28H,3,7-8,10,12,19H2,1-2,4-6H3,(H,34,37)(H,35,38)/t24?,28-/m0/s1. The Kier molecular flexibility index (Phi) is 9.13. The fraction of sp³-hybridized carbons (Fsp3) is 0.424. The van der Waals surface area contributed by atoms with E-state index in [-0.39, 0.29) is 28.9 Å². The van der Waals surface area contributed by atoms with Crippen molar-refractivity contribution in [1.82, 2.24) is 5.16 Å². The number of aromatic nitrogens is 1. The van der Waals surface area contributed by atoms with Crippen molar-refractivity contribution in [2.75, 3.05) is 10.6 Å². The predicted molar refractivity (Wildman–Crippen MR) is 160 cm³/mol. The van der Waals surface area contributed by atoms with Crippen molar-refractivity contribution in [2.24, 2.45) is 11.8 Å². The zero-order chi connectivity index (χ0) is 28.9. The van der Waals surface area contributed by atoms with E-state index >= 15 is 0 Å². The number of carbonyl (C=O) groups is 2. The van der Waals surface area contributed by atoms with E-state index in [1.807, 2.05) is 45.1 Å². The molecule has 1 fully saturated rings. The number of nitrogens with zero attached hydrogens (tertiary/aromatic N) is 1. The summed E-state index contributed by atoms with van der Waals surface area (Å²) in [4.78, 5) is 25.6. The molecule has 0 bridgehead atoms. The van der Waals surface area contributed by atoms with E-state index in [1.165, 1.54) is 12.8 Å². The Labute approximate surface area is 237 Å². The van der Waals surface area contributed by atoms with Crippen molar-refractivity contribution < 1.29 is 18.8 Å². The molecule has 2 aromatic rings. The molecule has 1 aromatic heterocycles. The number of amides is 2. The van der Waals surface area contributed by atoms with Crippen LogP contribution in [0.4, 0.5) is 11.4 Å². The van der Waals surface area contributed by atoms with Crippen molar-refractivity contribution in [2.45, 2.75) is 78.2 Å². The summed E-state index contributed by atoms with van der Waals surface area (Å²) in [6, 6.07) is 8.67. The van der Waals surface area contributed by atoms with Crippen LogP contribution in [0.5, 0.6) is 0 Å². The van der Waals surface area contributed by atoms with E-state index in [1.54, 1.807) is 30.3 Å². The van der Waals surface area contributed by atoms with Crippen LogP contribution >= 0.6 is 0 Å². The first-order valence-electron chi connectivity index (χ1n) is 14.1. The highest BCUT2D eigenvalue weighted by Gasteiger charge is 2.26. The van der Waals surface area contributed by atoms with Gasteiger partial charge in [-0.25, -0.2) is 0 Å². The van der Waals surface area contributed by atoms with Crippen molar-refractivity contribution in [3.63, 3.8) is 0 Å². The second kappa shape index (κ2) is 12.5. The number of hydrogen-bond acceptors (Lipinski definition) is 5. The molecule has 40 heavy (non-hydrogen) atoms. The van der Waals surface area contributed by atoms with Gasteiger partial charge in [0.15, 0.2) is 0 Å². The average Bonchev–Trinajstić information content (AvgIpc) is 3.31. The number of ether oxygens (including phenoxy) is 1. The van der Waals surface area contributed by atoms with E-state index in [2.05, 4.69) is 36.2 Å². The van der Waals surface area contributed by atoms with Crippen molar-refractivity contribution in [1.29, 1.82) is 0 Å². The van der Waals surface area contributed by atoms with Gasteiger partial charge in [0.05, 0.1) is 11.7 Å². The van der Waals surface area contributed by atoms with Crippen LogP contribution in [-0.2, 0) is 19.7 Å². The molecule has 2 amide bonds. The number of benzene rings is 1. The van der Waals surface area contributed by atoms with Crippen molar-refractivity contribution >= 4 is 28.8 Å². The molecule has 0 saturated heterocycles. The van der Waals surface area contributed by atoms with Crippen LogP contribution in [0.25, 0.3) is 5.57 Å². The van der Waals surface area contributed by atoms with Crippen molar-refractivity contribution in [3.8, 4) is 0 Å². The molecule has 2 atom stereocenters. The Morgan fingerprint density at radius 3 is 2.40 bits per heavy atom. The zero-order valence-corrected chi connectivity index (χ0v) is 24.3. The van der Waals surface area contributed by atoms with Gasteiger partial charge in [0.2, 0.25) is 0 Å². The first-order valence-corrected chi connectivity index (χ1v) is 14.1. The van der Waals surface area contributed by atoms with Crippen molar-refractivity contribution in [3.05, 3.63) is 84.0 Å². The molecule has 4 rings (SSSR count). The number of hydrogen-bond donors (Lipinski definition) is 2. The Morgan fingerprint density at radius 2 is 1.75 bits per heavy atom. The minimum Gasteiger partial charge on any atom is -0.491 e. The lowest BCUT2D eigenvalue weighted by molar-refractivity contribution is -0.112. The largest absolute Gasteiger partial charge is 0.491 e. The molecule has 1 saturated carbocycles. The summed E-state index contributed by atoms with van der Waals surface area (Å²) in [6.45, 7) is 14.5. The van der Waals surface area contributed by atoms with Gasteiger partial charge in [-0.1, -0.05) is 52.4 Å². The molecule has 0 radical (unpaired) electrons. The molecule has 2 aliphatic rings. The van der Waals surface area contributed by atoms with Gasteiger partial charge >= 0.3 is 0 Å². The predicted octanol–water partition coefficient (Wildman–Crippen LogP) is 7.56. The molecule has 0 aliphatic heterocycles. The van der Waals surface area contributed by atoms with Crippen LogP contribution < -0.4 is 10.6 Å². The Balaban J connectivity index is 1.28. The number of anilines is 2. The molecule has 1 unspecified atom stereocenters. The quantitative estimate of drug-likeness (QED) is 0.335. The Bertz CT molecular complexity index is 1320. The molecule has 7 heteroatoms. The highest BCUT2D eigenvalue weighted by Crippen LogP contribution is 2.33. The SMILES string of the molecule is C=C(C(=O)Nc1ccc(NC(=O)C2=CCC=C(O[C@H]3CCCC(C(C)C)C3)C=C2)cc1)c1cc(C(C)(C)C)on1. The van der Waals surface area contributed by atoms with Crippen LogP contribution in [0.1, 0.15) is 78.2 Å². The maximum atomic E-state index is 12.9. The van der Waals surface area contributed by atoms with Gasteiger partial charge in [-0.05, 0) is 86.4 Å². The summed E-state index contributed by atoms with van der Waals surface area (Å²) < 4.78 is 11.7. The number of allylic oxidation sites excluding steroid dienone is 3. The molecule has 2 N–H and O–H groups in total. The summed E-state index contributed by atoms with van der Waals surface area (Å²) in [5.41, 5.74) is 2.17. The molecule has 0 spiro atoms. The molecular formula is C33H41N3O4.